The van der Waals surface area contributed by atoms with Crippen molar-refractivity contribution in [2.24, 2.45) is 0 Å². The highest BCUT2D eigenvalue weighted by atomic mass is 16.5. The van der Waals surface area contributed by atoms with Crippen LogP contribution in [0.15, 0.2) is 60.8 Å². The molecule has 0 atom stereocenters. The number of furan rings is 1. The number of pyridine rings is 1. The number of benzene rings is 1. The third-order valence-electron chi connectivity index (χ3n) is 5.49. The summed E-state index contributed by atoms with van der Waals surface area (Å²) in [4.78, 5) is 29.6. The van der Waals surface area contributed by atoms with Gasteiger partial charge in [-0.05, 0) is 50.1 Å². The first kappa shape index (κ1) is 19.7. The second-order valence-corrected chi connectivity index (χ2v) is 7.53. The van der Waals surface area contributed by atoms with E-state index >= 15 is 0 Å². The smallest absolute Gasteiger partial charge is 0.339 e. The van der Waals surface area contributed by atoms with Gasteiger partial charge in [0.05, 0.1) is 22.9 Å². The Labute approximate surface area is 181 Å². The zero-order valence-electron chi connectivity index (χ0n) is 17.6. The van der Waals surface area contributed by atoms with Crippen LogP contribution in [-0.4, -0.2) is 16.1 Å². The van der Waals surface area contributed by atoms with E-state index in [0.29, 0.717) is 33.7 Å². The Kier molecular flexibility index (Phi) is 4.62. The van der Waals surface area contributed by atoms with E-state index in [0.717, 1.165) is 16.5 Å². The molecule has 1 aromatic carbocycles. The molecular weight excluding hydrogens is 412 g/mol. The molecule has 0 saturated carbocycles. The number of ether oxygens (including phenoxy) is 1. The van der Waals surface area contributed by atoms with Crippen molar-refractivity contribution in [3.63, 3.8) is 0 Å². The standard InChI is InChI=1S/C24H18N2O6/c1-12-6-7-16-15(9-20(27)31-22(16)13(12)2)11-30-24(28)17-10-18(19-5-4-8-29-19)25-23-21(17)14(3)26-32-23/h4-10H,11H2,1-3H3. The lowest BCUT2D eigenvalue weighted by Gasteiger charge is -2.10. The maximum atomic E-state index is 13.1. The fourth-order valence-corrected chi connectivity index (χ4v) is 3.67. The van der Waals surface area contributed by atoms with Gasteiger partial charge in [-0.2, -0.15) is 0 Å². The number of aryl methyl sites for hydroxylation is 3. The molecule has 0 radical (unpaired) electrons. The molecule has 4 aromatic heterocycles. The third-order valence-corrected chi connectivity index (χ3v) is 5.49. The van der Waals surface area contributed by atoms with Crippen molar-refractivity contribution < 1.29 is 22.9 Å². The van der Waals surface area contributed by atoms with Crippen LogP contribution in [0.5, 0.6) is 0 Å². The fraction of sp³-hybridized carbons (Fsp3) is 0.167. The topological polar surface area (TPSA) is 109 Å². The van der Waals surface area contributed by atoms with Crippen molar-refractivity contribution >= 4 is 28.0 Å². The van der Waals surface area contributed by atoms with Gasteiger partial charge in [0, 0.05) is 17.0 Å². The van der Waals surface area contributed by atoms with Crippen LogP contribution in [0.1, 0.15) is 32.7 Å². The van der Waals surface area contributed by atoms with E-state index in [1.54, 1.807) is 25.1 Å². The highest BCUT2D eigenvalue weighted by molar-refractivity contribution is 6.04. The molecule has 4 heterocycles. The van der Waals surface area contributed by atoms with Crippen molar-refractivity contribution in [1.29, 1.82) is 0 Å². The summed E-state index contributed by atoms with van der Waals surface area (Å²) in [6, 6.07) is 10.2. The van der Waals surface area contributed by atoms with Crippen LogP contribution in [0.3, 0.4) is 0 Å². The summed E-state index contributed by atoms with van der Waals surface area (Å²) in [7, 11) is 0. The van der Waals surface area contributed by atoms with Crippen LogP contribution < -0.4 is 5.63 Å². The fourth-order valence-electron chi connectivity index (χ4n) is 3.67. The first-order chi connectivity index (χ1) is 15.4. The molecule has 0 bridgehead atoms. The van der Waals surface area contributed by atoms with E-state index in [2.05, 4.69) is 10.1 Å². The number of aromatic nitrogens is 2. The van der Waals surface area contributed by atoms with Gasteiger partial charge in [-0.15, -0.1) is 0 Å². The van der Waals surface area contributed by atoms with Crippen molar-refractivity contribution in [2.45, 2.75) is 27.4 Å². The summed E-state index contributed by atoms with van der Waals surface area (Å²) in [5.74, 6) is -0.116. The van der Waals surface area contributed by atoms with Gasteiger partial charge in [0.1, 0.15) is 17.9 Å². The van der Waals surface area contributed by atoms with Gasteiger partial charge in [-0.25, -0.2) is 14.6 Å². The maximum absolute atomic E-state index is 13.1. The highest BCUT2D eigenvalue weighted by Crippen LogP contribution is 2.29. The number of carbonyl (C=O) groups is 1. The van der Waals surface area contributed by atoms with Crippen molar-refractivity contribution in [1.82, 2.24) is 10.1 Å². The average molecular weight is 430 g/mol. The molecular formula is C24H18N2O6. The lowest BCUT2D eigenvalue weighted by atomic mass is 10.0. The molecule has 8 heteroatoms. The van der Waals surface area contributed by atoms with Crippen LogP contribution in [0.2, 0.25) is 0 Å². The maximum Gasteiger partial charge on any atom is 0.339 e. The number of nitrogens with zero attached hydrogens (tertiary/aromatic N) is 2. The Morgan fingerprint density at radius 3 is 2.75 bits per heavy atom. The van der Waals surface area contributed by atoms with Gasteiger partial charge in [-0.1, -0.05) is 17.3 Å². The van der Waals surface area contributed by atoms with Crippen LogP contribution >= 0.6 is 0 Å². The lowest BCUT2D eigenvalue weighted by molar-refractivity contribution is 0.0476. The zero-order valence-corrected chi connectivity index (χ0v) is 17.6. The SMILES string of the molecule is Cc1ccc2c(COC(=O)c3cc(-c4ccco4)nc4onc(C)c34)cc(=O)oc2c1C. The molecule has 0 amide bonds. The quantitative estimate of drug-likeness (QED) is 0.293. The minimum atomic E-state index is -0.596. The van der Waals surface area contributed by atoms with E-state index in [9.17, 15) is 9.59 Å². The first-order valence-electron chi connectivity index (χ1n) is 9.93. The van der Waals surface area contributed by atoms with Gasteiger partial charge < -0.3 is 18.1 Å². The average Bonchev–Trinajstić information content (AvgIpc) is 3.44. The lowest BCUT2D eigenvalue weighted by Crippen LogP contribution is -2.09. The zero-order chi connectivity index (χ0) is 22.4. The number of carbonyl (C=O) groups excluding carboxylic acids is 1. The predicted molar refractivity (Wildman–Crippen MR) is 115 cm³/mol. The Morgan fingerprint density at radius 2 is 1.97 bits per heavy atom. The van der Waals surface area contributed by atoms with Gasteiger partial charge >= 0.3 is 11.6 Å². The largest absolute Gasteiger partial charge is 0.463 e. The van der Waals surface area contributed by atoms with Crippen molar-refractivity contribution in [3.8, 4) is 11.5 Å². The Balaban J connectivity index is 1.53. The van der Waals surface area contributed by atoms with Crippen LogP contribution in [-0.2, 0) is 11.3 Å². The predicted octanol–water partition coefficient (Wildman–Crippen LogP) is 4.87. The number of esters is 1. The van der Waals surface area contributed by atoms with Crippen LogP contribution in [0, 0.1) is 20.8 Å². The monoisotopic (exact) mass is 430 g/mol. The molecule has 5 aromatic rings. The third kappa shape index (κ3) is 3.26. The molecule has 8 nitrogen and oxygen atoms in total. The number of hydrogen-bond acceptors (Lipinski definition) is 8. The van der Waals surface area contributed by atoms with Gasteiger partial charge in [0.2, 0.25) is 0 Å². The van der Waals surface area contributed by atoms with Crippen molar-refractivity contribution in [2.75, 3.05) is 0 Å². The van der Waals surface area contributed by atoms with E-state index in [1.807, 2.05) is 26.0 Å². The molecule has 160 valence electrons. The first-order valence-corrected chi connectivity index (χ1v) is 9.93. The van der Waals surface area contributed by atoms with E-state index < -0.39 is 11.6 Å². The Bertz CT molecular complexity index is 1540. The number of rotatable bonds is 4. The summed E-state index contributed by atoms with van der Waals surface area (Å²) >= 11 is 0. The number of fused-ring (bicyclic) bond motifs is 2. The molecule has 5 rings (SSSR count). The van der Waals surface area contributed by atoms with E-state index in [-0.39, 0.29) is 17.9 Å². The van der Waals surface area contributed by atoms with Crippen molar-refractivity contribution in [3.05, 3.63) is 81.0 Å². The van der Waals surface area contributed by atoms with Crippen LogP contribution in [0.25, 0.3) is 33.5 Å². The highest BCUT2D eigenvalue weighted by Gasteiger charge is 2.22. The molecule has 0 fully saturated rings. The molecule has 0 unspecified atom stereocenters. The van der Waals surface area contributed by atoms with Crippen LogP contribution in [0.4, 0.5) is 0 Å². The van der Waals surface area contributed by atoms with Gasteiger partial charge in [0.25, 0.3) is 5.71 Å². The summed E-state index contributed by atoms with van der Waals surface area (Å²) < 4.78 is 21.7. The summed E-state index contributed by atoms with van der Waals surface area (Å²) in [5, 5.41) is 5.11. The van der Waals surface area contributed by atoms with E-state index in [4.69, 9.17) is 18.1 Å². The summed E-state index contributed by atoms with van der Waals surface area (Å²) in [6.45, 7) is 5.44. The molecule has 0 aliphatic heterocycles. The molecule has 0 N–H and O–H groups in total. The van der Waals surface area contributed by atoms with Gasteiger partial charge in [0.15, 0.2) is 5.76 Å². The summed E-state index contributed by atoms with van der Waals surface area (Å²) in [6.07, 6.45) is 1.51. The van der Waals surface area contributed by atoms with Gasteiger partial charge in [-0.3, -0.25) is 0 Å². The molecule has 0 spiro atoms. The molecule has 0 aliphatic rings. The second kappa shape index (κ2) is 7.49. The molecule has 0 aliphatic carbocycles. The Morgan fingerprint density at radius 1 is 1.12 bits per heavy atom. The molecule has 32 heavy (non-hydrogen) atoms. The van der Waals surface area contributed by atoms with E-state index in [1.165, 1.54) is 12.3 Å². The summed E-state index contributed by atoms with van der Waals surface area (Å²) in [5.41, 5.74) is 3.81. The minimum Gasteiger partial charge on any atom is -0.463 e. The Hall–Kier alpha value is -4.20. The molecule has 0 saturated heterocycles. The second-order valence-electron chi connectivity index (χ2n) is 7.53. The number of hydrogen-bond donors (Lipinski definition) is 0. The minimum absolute atomic E-state index is 0.104. The normalized spacial score (nSPS) is 11.3.